The van der Waals surface area contributed by atoms with Crippen LogP contribution < -0.4 is 10.1 Å². The van der Waals surface area contributed by atoms with Gasteiger partial charge in [-0.15, -0.1) is 0 Å². The van der Waals surface area contributed by atoms with Crippen LogP contribution in [0.25, 0.3) is 0 Å². The molecule has 0 spiro atoms. The van der Waals surface area contributed by atoms with Crippen LogP contribution in [0.1, 0.15) is 38.2 Å². The Kier molecular flexibility index (Phi) is 8.51. The Morgan fingerprint density at radius 2 is 2.00 bits per heavy atom. The Labute approximate surface area is 127 Å². The summed E-state index contributed by atoms with van der Waals surface area (Å²) in [6.07, 6.45) is 4.30. The van der Waals surface area contributed by atoms with Crippen molar-refractivity contribution in [2.45, 2.75) is 39.0 Å². The van der Waals surface area contributed by atoms with E-state index in [1.54, 1.807) is 0 Å². The van der Waals surface area contributed by atoms with Gasteiger partial charge in [-0.1, -0.05) is 31.9 Å². The van der Waals surface area contributed by atoms with Crippen LogP contribution in [0.5, 0.6) is 5.75 Å². The number of carboxylic acids is 1. The molecule has 0 aromatic heterocycles. The van der Waals surface area contributed by atoms with Crippen molar-refractivity contribution in [3.05, 3.63) is 29.8 Å². The number of carboxylic acid groups (broad SMARTS) is 1. The highest BCUT2D eigenvalue weighted by atomic mass is 16.5. The Bertz CT molecular complexity index is 403. The summed E-state index contributed by atoms with van der Waals surface area (Å²) in [6.45, 7) is 3.71. The second-order valence-electron chi connectivity index (χ2n) is 5.33. The fraction of sp³-hybridized carbons (Fsp3) is 0.588. The summed E-state index contributed by atoms with van der Waals surface area (Å²) in [6, 6.07) is 7.78. The lowest BCUT2D eigenvalue weighted by Gasteiger charge is -2.12. The van der Waals surface area contributed by atoms with Crippen LogP contribution in [0.15, 0.2) is 24.3 Å². The third-order valence-electron chi connectivity index (χ3n) is 3.50. The van der Waals surface area contributed by atoms with Gasteiger partial charge in [0.1, 0.15) is 5.75 Å². The zero-order valence-electron chi connectivity index (χ0n) is 13.1. The first-order valence-corrected chi connectivity index (χ1v) is 7.76. The van der Waals surface area contributed by atoms with E-state index in [4.69, 9.17) is 4.74 Å². The maximum atomic E-state index is 11.2. The number of unbranched alkanes of at least 4 members (excludes halogenated alkanes) is 1. The largest absolute Gasteiger partial charge is 0.494 e. The van der Waals surface area contributed by atoms with Crippen molar-refractivity contribution in [3.8, 4) is 5.75 Å². The summed E-state index contributed by atoms with van der Waals surface area (Å²) in [5.41, 5.74) is 1.06. The van der Waals surface area contributed by atoms with Crippen LogP contribution in [-0.2, 0) is 11.2 Å². The zero-order chi connectivity index (χ0) is 15.5. The molecule has 0 radical (unpaired) electrons. The van der Waals surface area contributed by atoms with Crippen LogP contribution >= 0.6 is 0 Å². The fourth-order valence-corrected chi connectivity index (χ4v) is 2.21. The Morgan fingerprint density at radius 3 is 2.57 bits per heavy atom. The minimum absolute atomic E-state index is 0.285. The van der Waals surface area contributed by atoms with Gasteiger partial charge < -0.3 is 15.2 Å². The Balaban J connectivity index is 2.46. The van der Waals surface area contributed by atoms with E-state index in [1.165, 1.54) is 0 Å². The molecule has 4 nitrogen and oxygen atoms in total. The highest BCUT2D eigenvalue weighted by molar-refractivity contribution is 5.70. The molecule has 0 amide bonds. The van der Waals surface area contributed by atoms with E-state index in [-0.39, 0.29) is 5.92 Å². The van der Waals surface area contributed by atoms with Crippen LogP contribution in [0.4, 0.5) is 0 Å². The van der Waals surface area contributed by atoms with Crippen molar-refractivity contribution in [2.75, 3.05) is 20.2 Å². The zero-order valence-corrected chi connectivity index (χ0v) is 13.1. The lowest BCUT2D eigenvalue weighted by atomic mass is 9.94. The predicted octanol–water partition coefficient (Wildman–Crippen LogP) is 3.11. The first-order chi connectivity index (χ1) is 10.2. The van der Waals surface area contributed by atoms with E-state index in [0.29, 0.717) is 13.0 Å². The molecule has 1 rings (SSSR count). The van der Waals surface area contributed by atoms with Crippen molar-refractivity contribution in [3.63, 3.8) is 0 Å². The SMILES string of the molecule is CCCCC(Cc1ccc(OCCCNC)cc1)C(=O)O. The topological polar surface area (TPSA) is 58.6 Å². The molecule has 0 bridgehead atoms. The molecule has 1 aromatic carbocycles. The van der Waals surface area contributed by atoms with E-state index < -0.39 is 5.97 Å². The molecule has 0 fully saturated rings. The van der Waals surface area contributed by atoms with Crippen LogP contribution in [-0.4, -0.2) is 31.3 Å². The van der Waals surface area contributed by atoms with Gasteiger partial charge in [0.15, 0.2) is 0 Å². The summed E-state index contributed by atoms with van der Waals surface area (Å²) in [4.78, 5) is 11.2. The monoisotopic (exact) mass is 293 g/mol. The van der Waals surface area contributed by atoms with Crippen LogP contribution in [0.3, 0.4) is 0 Å². The maximum Gasteiger partial charge on any atom is 0.306 e. The molecule has 0 saturated carbocycles. The number of ether oxygens (including phenoxy) is 1. The standard InChI is InChI=1S/C17H27NO3/c1-3-4-6-15(17(19)20)13-14-7-9-16(10-8-14)21-12-5-11-18-2/h7-10,15,18H,3-6,11-13H2,1-2H3,(H,19,20). The second kappa shape index (κ2) is 10.2. The van der Waals surface area contributed by atoms with Gasteiger partial charge in [-0.25, -0.2) is 0 Å². The number of benzene rings is 1. The number of nitrogens with one attached hydrogen (secondary N) is 1. The van der Waals surface area contributed by atoms with Crippen molar-refractivity contribution in [2.24, 2.45) is 5.92 Å². The third-order valence-corrected chi connectivity index (χ3v) is 3.50. The van der Waals surface area contributed by atoms with Crippen LogP contribution in [0.2, 0.25) is 0 Å². The average Bonchev–Trinajstić information content (AvgIpc) is 2.49. The second-order valence-corrected chi connectivity index (χ2v) is 5.33. The fourth-order valence-electron chi connectivity index (χ4n) is 2.21. The number of hydrogen-bond acceptors (Lipinski definition) is 3. The van der Waals surface area contributed by atoms with Gasteiger partial charge >= 0.3 is 5.97 Å². The van der Waals surface area contributed by atoms with Gasteiger partial charge in [-0.2, -0.15) is 0 Å². The van der Waals surface area contributed by atoms with Crippen molar-refractivity contribution < 1.29 is 14.6 Å². The summed E-state index contributed by atoms with van der Waals surface area (Å²) >= 11 is 0. The molecule has 21 heavy (non-hydrogen) atoms. The highest BCUT2D eigenvalue weighted by Crippen LogP contribution is 2.18. The van der Waals surface area contributed by atoms with Crippen molar-refractivity contribution >= 4 is 5.97 Å². The van der Waals surface area contributed by atoms with Gasteiger partial charge in [-0.3, -0.25) is 4.79 Å². The van der Waals surface area contributed by atoms with Gasteiger partial charge in [0.25, 0.3) is 0 Å². The quantitative estimate of drug-likeness (QED) is 0.616. The molecule has 2 N–H and O–H groups in total. The molecular weight excluding hydrogens is 266 g/mol. The summed E-state index contributed by atoms with van der Waals surface area (Å²) in [5.74, 6) is -0.140. The van der Waals surface area contributed by atoms with Gasteiger partial charge in [0.2, 0.25) is 0 Å². The van der Waals surface area contributed by atoms with Gasteiger partial charge in [-0.05, 0) is 50.6 Å². The molecule has 0 aliphatic heterocycles. The molecule has 4 heteroatoms. The lowest BCUT2D eigenvalue weighted by molar-refractivity contribution is -0.141. The summed E-state index contributed by atoms with van der Waals surface area (Å²) < 4.78 is 5.62. The molecule has 1 aromatic rings. The Morgan fingerprint density at radius 1 is 1.29 bits per heavy atom. The minimum Gasteiger partial charge on any atom is -0.494 e. The number of aliphatic carboxylic acids is 1. The molecule has 0 aliphatic rings. The molecule has 0 saturated heterocycles. The normalized spacial score (nSPS) is 12.1. The third kappa shape index (κ3) is 7.14. The lowest BCUT2D eigenvalue weighted by Crippen LogP contribution is -2.16. The van der Waals surface area contributed by atoms with Crippen LogP contribution in [0, 0.1) is 5.92 Å². The molecular formula is C17H27NO3. The van der Waals surface area contributed by atoms with Gasteiger partial charge in [0.05, 0.1) is 12.5 Å². The molecule has 0 heterocycles. The first-order valence-electron chi connectivity index (χ1n) is 7.76. The maximum absolute atomic E-state index is 11.2. The van der Waals surface area contributed by atoms with E-state index in [2.05, 4.69) is 12.2 Å². The van der Waals surface area contributed by atoms with E-state index >= 15 is 0 Å². The van der Waals surface area contributed by atoms with E-state index in [1.807, 2.05) is 31.3 Å². The number of hydrogen-bond donors (Lipinski definition) is 2. The van der Waals surface area contributed by atoms with E-state index in [0.717, 1.165) is 43.5 Å². The smallest absolute Gasteiger partial charge is 0.306 e. The predicted molar refractivity (Wildman–Crippen MR) is 84.8 cm³/mol. The first kappa shape index (κ1) is 17.5. The number of carbonyl (C=O) groups is 1. The molecule has 1 atom stereocenters. The van der Waals surface area contributed by atoms with E-state index in [9.17, 15) is 9.90 Å². The van der Waals surface area contributed by atoms with Crippen molar-refractivity contribution in [1.82, 2.24) is 5.32 Å². The Hall–Kier alpha value is -1.55. The summed E-state index contributed by atoms with van der Waals surface area (Å²) in [5, 5.41) is 12.3. The minimum atomic E-state index is -0.698. The molecule has 118 valence electrons. The highest BCUT2D eigenvalue weighted by Gasteiger charge is 2.17. The van der Waals surface area contributed by atoms with Gasteiger partial charge in [0, 0.05) is 0 Å². The average molecular weight is 293 g/mol. The molecule has 1 unspecified atom stereocenters. The number of rotatable bonds is 11. The summed E-state index contributed by atoms with van der Waals surface area (Å²) in [7, 11) is 1.92. The molecule has 0 aliphatic carbocycles. The van der Waals surface area contributed by atoms with Crippen molar-refractivity contribution in [1.29, 1.82) is 0 Å².